The lowest BCUT2D eigenvalue weighted by molar-refractivity contribution is -0.113. The van der Waals surface area contributed by atoms with Crippen molar-refractivity contribution < 1.29 is 9.59 Å². The molecule has 0 unspecified atom stereocenters. The first-order valence-corrected chi connectivity index (χ1v) is 12.2. The van der Waals surface area contributed by atoms with Crippen LogP contribution in [-0.4, -0.2) is 27.1 Å². The number of carbonyl (C=O) groups excluding carboxylic acids is 2. The van der Waals surface area contributed by atoms with E-state index in [0.717, 1.165) is 22.2 Å². The Kier molecular flexibility index (Phi) is 6.54. The highest BCUT2D eigenvalue weighted by Gasteiger charge is 2.17. The van der Waals surface area contributed by atoms with Crippen LogP contribution >= 0.6 is 34.4 Å². The van der Waals surface area contributed by atoms with Gasteiger partial charge in [-0.1, -0.05) is 48.2 Å². The number of fused-ring (bicyclic) bond motifs is 1. The number of nitrogens with zero attached hydrogens (tertiary/aromatic N) is 2. The zero-order valence-electron chi connectivity index (χ0n) is 16.7. The summed E-state index contributed by atoms with van der Waals surface area (Å²) in [6.45, 7) is 4.01. The number of carbonyl (C=O) groups is 2. The normalized spacial score (nSPS) is 10.9. The van der Waals surface area contributed by atoms with E-state index in [4.69, 9.17) is 5.73 Å². The first kappa shape index (κ1) is 22.0. The van der Waals surface area contributed by atoms with E-state index in [0.29, 0.717) is 20.4 Å². The molecule has 4 rings (SSSR count). The molecule has 0 fully saturated rings. The van der Waals surface area contributed by atoms with Crippen molar-refractivity contribution in [1.82, 2.24) is 9.55 Å². The maximum Gasteiger partial charge on any atom is 0.272 e. The zero-order valence-corrected chi connectivity index (χ0v) is 19.2. The van der Waals surface area contributed by atoms with Crippen LogP contribution in [0.25, 0.3) is 20.7 Å². The molecule has 3 aromatic heterocycles. The molecule has 10 heteroatoms. The van der Waals surface area contributed by atoms with Crippen molar-refractivity contribution in [3.8, 4) is 10.4 Å². The van der Waals surface area contributed by atoms with Crippen LogP contribution in [0.15, 0.2) is 70.5 Å². The van der Waals surface area contributed by atoms with E-state index in [1.54, 1.807) is 17.5 Å². The lowest BCUT2D eigenvalue weighted by Crippen LogP contribution is -2.23. The third kappa shape index (κ3) is 4.52. The first-order valence-electron chi connectivity index (χ1n) is 9.48. The summed E-state index contributed by atoms with van der Waals surface area (Å²) >= 11 is 3.77. The molecule has 3 N–H and O–H groups in total. The van der Waals surface area contributed by atoms with Crippen molar-refractivity contribution in [1.29, 1.82) is 0 Å². The van der Waals surface area contributed by atoms with Crippen LogP contribution < -0.4 is 16.6 Å². The lowest BCUT2D eigenvalue weighted by Gasteiger charge is -2.10. The van der Waals surface area contributed by atoms with Gasteiger partial charge in [0.25, 0.3) is 11.5 Å². The Balaban J connectivity index is 1.61. The topological polar surface area (TPSA) is 107 Å². The quantitative estimate of drug-likeness (QED) is 0.222. The molecule has 0 saturated heterocycles. The number of thioether (sulfide) groups is 1. The zero-order chi connectivity index (χ0) is 22.7. The van der Waals surface area contributed by atoms with Gasteiger partial charge in [-0.05, 0) is 23.1 Å². The summed E-state index contributed by atoms with van der Waals surface area (Å²) in [5.74, 6) is -0.913. The van der Waals surface area contributed by atoms with Crippen LogP contribution in [0.4, 0.5) is 5.00 Å². The first-order chi connectivity index (χ1) is 15.5. The van der Waals surface area contributed by atoms with Gasteiger partial charge in [-0.3, -0.25) is 19.0 Å². The number of benzene rings is 1. The molecule has 0 aliphatic rings. The van der Waals surface area contributed by atoms with Crippen molar-refractivity contribution in [3.63, 3.8) is 0 Å². The third-order valence-corrected chi connectivity index (χ3v) is 7.45. The number of amides is 2. The van der Waals surface area contributed by atoms with Crippen molar-refractivity contribution in [2.24, 2.45) is 5.73 Å². The Morgan fingerprint density at radius 2 is 2.03 bits per heavy atom. The second-order valence-electron chi connectivity index (χ2n) is 6.65. The summed E-state index contributed by atoms with van der Waals surface area (Å²) in [6, 6.07) is 13.3. The number of hydrogen-bond donors (Lipinski definition) is 2. The number of primary amides is 1. The number of anilines is 1. The maximum atomic E-state index is 13.1. The van der Waals surface area contributed by atoms with Crippen molar-refractivity contribution in [2.45, 2.75) is 11.7 Å². The summed E-state index contributed by atoms with van der Waals surface area (Å²) < 4.78 is 2.07. The second kappa shape index (κ2) is 9.51. The standard InChI is InChI=1S/C22H18N4O3S3/c1-2-9-26-21(29)18-15(11-16(32-18)13-6-4-3-5-7-13)24-22(26)31-12-17(27)25-20-14(19(23)28)8-10-30-20/h2-8,10-11H,1,9,12H2,(H2,23,28)(H,25,27). The smallest absolute Gasteiger partial charge is 0.272 e. The van der Waals surface area contributed by atoms with E-state index in [1.165, 1.54) is 27.2 Å². The van der Waals surface area contributed by atoms with Crippen molar-refractivity contribution >= 4 is 61.5 Å². The van der Waals surface area contributed by atoms with E-state index in [9.17, 15) is 14.4 Å². The van der Waals surface area contributed by atoms with Crippen molar-refractivity contribution in [3.05, 3.63) is 76.4 Å². The van der Waals surface area contributed by atoms with Gasteiger partial charge in [0.05, 0.1) is 16.8 Å². The van der Waals surface area contributed by atoms with Crippen LogP contribution in [0, 0.1) is 0 Å². The number of aromatic nitrogens is 2. The molecule has 0 saturated carbocycles. The molecule has 0 bridgehead atoms. The van der Waals surface area contributed by atoms with Crippen LogP contribution in [0.3, 0.4) is 0 Å². The largest absolute Gasteiger partial charge is 0.366 e. The molecule has 3 heterocycles. The van der Waals surface area contributed by atoms with Gasteiger partial charge in [-0.25, -0.2) is 4.98 Å². The molecule has 1 aromatic carbocycles. The summed E-state index contributed by atoms with van der Waals surface area (Å²) in [5, 5.41) is 5.21. The summed E-state index contributed by atoms with van der Waals surface area (Å²) in [4.78, 5) is 42.6. The number of nitrogens with one attached hydrogen (secondary N) is 1. The predicted molar refractivity (Wildman–Crippen MR) is 132 cm³/mol. The molecule has 32 heavy (non-hydrogen) atoms. The van der Waals surface area contributed by atoms with Gasteiger partial charge in [-0.15, -0.1) is 29.3 Å². The van der Waals surface area contributed by atoms with Crippen molar-refractivity contribution in [2.75, 3.05) is 11.1 Å². The predicted octanol–water partition coefficient (Wildman–Crippen LogP) is 4.20. The fourth-order valence-electron chi connectivity index (χ4n) is 3.03. The van der Waals surface area contributed by atoms with E-state index >= 15 is 0 Å². The van der Waals surface area contributed by atoms with Crippen LogP contribution in [0.2, 0.25) is 0 Å². The number of hydrogen-bond acceptors (Lipinski definition) is 7. The number of allylic oxidation sites excluding steroid dienone is 1. The van der Waals surface area contributed by atoms with Gasteiger partial charge in [0, 0.05) is 11.4 Å². The van der Waals surface area contributed by atoms with Gasteiger partial charge in [0.15, 0.2) is 5.16 Å². The van der Waals surface area contributed by atoms with Gasteiger partial charge >= 0.3 is 0 Å². The molecule has 0 aliphatic carbocycles. The minimum absolute atomic E-state index is 0.0148. The average molecular weight is 483 g/mol. The Labute approximate surface area is 195 Å². The third-order valence-electron chi connectivity index (χ3n) is 4.48. The van der Waals surface area contributed by atoms with Gasteiger partial charge in [-0.2, -0.15) is 0 Å². The Hall–Kier alpha value is -3.21. The monoisotopic (exact) mass is 482 g/mol. The summed E-state index contributed by atoms with van der Waals surface area (Å²) in [6.07, 6.45) is 1.62. The van der Waals surface area contributed by atoms with E-state index < -0.39 is 5.91 Å². The highest BCUT2D eigenvalue weighted by Crippen LogP contribution is 2.32. The van der Waals surface area contributed by atoms with E-state index in [1.807, 2.05) is 36.4 Å². The average Bonchev–Trinajstić information content (AvgIpc) is 3.42. The fraction of sp³-hybridized carbons (Fsp3) is 0.0909. The Morgan fingerprint density at radius 3 is 2.75 bits per heavy atom. The number of thiophene rings is 2. The molecule has 162 valence electrons. The Morgan fingerprint density at radius 1 is 1.25 bits per heavy atom. The molecule has 4 aromatic rings. The number of nitrogens with two attached hydrogens (primary N) is 1. The van der Waals surface area contributed by atoms with Crippen LogP contribution in [0.5, 0.6) is 0 Å². The molecule has 0 atom stereocenters. The minimum atomic E-state index is -0.604. The highest BCUT2D eigenvalue weighted by atomic mass is 32.2. The van der Waals surface area contributed by atoms with E-state index in [-0.39, 0.29) is 29.3 Å². The molecule has 0 aliphatic heterocycles. The molecular formula is C22H18N4O3S3. The van der Waals surface area contributed by atoms with Gasteiger partial charge in [0.2, 0.25) is 5.91 Å². The molecule has 7 nitrogen and oxygen atoms in total. The SMILES string of the molecule is C=CCn1c(SCC(=O)Nc2sccc2C(N)=O)nc2cc(-c3ccccc3)sc2c1=O. The van der Waals surface area contributed by atoms with Crippen LogP contribution in [0.1, 0.15) is 10.4 Å². The Bertz CT molecular complexity index is 1370. The molecule has 2 amide bonds. The molecule has 0 spiro atoms. The second-order valence-corrected chi connectivity index (χ2v) is 9.57. The van der Waals surface area contributed by atoms with Gasteiger partial charge in [0.1, 0.15) is 9.70 Å². The fourth-order valence-corrected chi connectivity index (χ4v) is 5.70. The summed E-state index contributed by atoms with van der Waals surface area (Å²) in [7, 11) is 0. The highest BCUT2D eigenvalue weighted by molar-refractivity contribution is 7.99. The molecular weight excluding hydrogens is 464 g/mol. The summed E-state index contributed by atoms with van der Waals surface area (Å²) in [5.41, 5.74) is 7.03. The van der Waals surface area contributed by atoms with Gasteiger partial charge < -0.3 is 11.1 Å². The maximum absolute atomic E-state index is 13.1. The minimum Gasteiger partial charge on any atom is -0.366 e. The lowest BCUT2D eigenvalue weighted by atomic mass is 10.2. The number of rotatable bonds is 8. The van der Waals surface area contributed by atoms with E-state index in [2.05, 4.69) is 16.9 Å². The molecule has 0 radical (unpaired) electrons. The van der Waals surface area contributed by atoms with Crippen LogP contribution in [-0.2, 0) is 11.3 Å².